The fraction of sp³-hybridized carbons (Fsp3) is 0.238. The van der Waals surface area contributed by atoms with E-state index in [-0.39, 0.29) is 12.4 Å². The highest BCUT2D eigenvalue weighted by Gasteiger charge is 2.24. The molecule has 27 heavy (non-hydrogen) atoms. The molecule has 2 aromatic carbocycles. The van der Waals surface area contributed by atoms with E-state index >= 15 is 0 Å². The Kier molecular flexibility index (Phi) is 5.51. The van der Waals surface area contributed by atoms with Crippen LogP contribution in [0.1, 0.15) is 28.5 Å². The number of carbonyl (C=O) groups is 2. The molecule has 0 bridgehead atoms. The number of aryl methyl sites for hydroxylation is 2. The van der Waals surface area contributed by atoms with E-state index < -0.39 is 12.1 Å². The van der Waals surface area contributed by atoms with Gasteiger partial charge in [-0.1, -0.05) is 29.8 Å². The molecular formula is C21H20ClNO4. The van der Waals surface area contributed by atoms with Gasteiger partial charge in [-0.15, -0.1) is 0 Å². The third-order valence-corrected chi connectivity index (χ3v) is 4.54. The summed E-state index contributed by atoms with van der Waals surface area (Å²) < 4.78 is 10.7. The minimum atomic E-state index is -0.912. The molecule has 3 rings (SSSR count). The van der Waals surface area contributed by atoms with Crippen molar-refractivity contribution in [2.24, 2.45) is 0 Å². The average Bonchev–Trinajstić information content (AvgIpc) is 2.96. The van der Waals surface area contributed by atoms with Gasteiger partial charge in [0, 0.05) is 27.2 Å². The third kappa shape index (κ3) is 4.14. The summed E-state index contributed by atoms with van der Waals surface area (Å²) in [6, 6.07) is 12.6. The molecule has 0 fully saturated rings. The Morgan fingerprint density at radius 3 is 2.63 bits per heavy atom. The van der Waals surface area contributed by atoms with Gasteiger partial charge in [-0.3, -0.25) is 4.79 Å². The molecule has 6 heteroatoms. The number of para-hydroxylation sites is 1. The van der Waals surface area contributed by atoms with Crippen molar-refractivity contribution in [2.75, 3.05) is 6.61 Å². The van der Waals surface area contributed by atoms with E-state index in [1.807, 2.05) is 38.1 Å². The molecule has 1 heterocycles. The van der Waals surface area contributed by atoms with Crippen molar-refractivity contribution < 1.29 is 19.1 Å². The Morgan fingerprint density at radius 2 is 1.89 bits per heavy atom. The molecule has 0 aliphatic rings. The molecule has 1 atom stereocenters. The zero-order chi connectivity index (χ0) is 19.6. The maximum atomic E-state index is 12.8. The quantitative estimate of drug-likeness (QED) is 0.496. The Bertz CT molecular complexity index is 1010. The number of aromatic amines is 1. The number of nitrogens with one attached hydrogen (secondary N) is 1. The van der Waals surface area contributed by atoms with Gasteiger partial charge in [0.05, 0.1) is 0 Å². The molecule has 0 aliphatic carbocycles. The number of rotatable bonds is 6. The first-order chi connectivity index (χ1) is 12.9. The fourth-order valence-electron chi connectivity index (χ4n) is 2.99. The summed E-state index contributed by atoms with van der Waals surface area (Å²) in [4.78, 5) is 28.1. The Morgan fingerprint density at radius 1 is 1.15 bits per heavy atom. The standard InChI is InChI=1S/C21H20ClNO4/c1-12-10-15(22)8-9-18(12)26-11-19(24)27-14(3)21(25)20-13(2)23-17-7-5-4-6-16(17)20/h4-10,14,23H,11H2,1-3H3/t14-/m0/s1. The number of ether oxygens (including phenoxy) is 2. The second kappa shape index (κ2) is 7.84. The predicted molar refractivity (Wildman–Crippen MR) is 105 cm³/mol. The van der Waals surface area contributed by atoms with Crippen LogP contribution in [0.3, 0.4) is 0 Å². The lowest BCUT2D eigenvalue weighted by Crippen LogP contribution is -2.27. The van der Waals surface area contributed by atoms with E-state index in [0.29, 0.717) is 16.3 Å². The predicted octanol–water partition coefficient (Wildman–Crippen LogP) is 4.63. The molecule has 0 radical (unpaired) electrons. The van der Waals surface area contributed by atoms with Gasteiger partial charge in [-0.2, -0.15) is 0 Å². The molecule has 0 saturated heterocycles. The van der Waals surface area contributed by atoms with Gasteiger partial charge in [0.15, 0.2) is 12.7 Å². The summed E-state index contributed by atoms with van der Waals surface area (Å²) in [5, 5.41) is 1.41. The molecule has 140 valence electrons. The first kappa shape index (κ1) is 19.0. The highest BCUT2D eigenvalue weighted by atomic mass is 35.5. The van der Waals surface area contributed by atoms with Gasteiger partial charge in [0.1, 0.15) is 5.75 Å². The van der Waals surface area contributed by atoms with E-state index in [1.54, 1.807) is 25.1 Å². The second-order valence-corrected chi connectivity index (χ2v) is 6.80. The lowest BCUT2D eigenvalue weighted by molar-refractivity contribution is -0.148. The number of hydrogen-bond donors (Lipinski definition) is 1. The van der Waals surface area contributed by atoms with E-state index in [4.69, 9.17) is 21.1 Å². The van der Waals surface area contributed by atoms with Crippen molar-refractivity contribution >= 4 is 34.3 Å². The van der Waals surface area contributed by atoms with Crippen LogP contribution in [0.2, 0.25) is 5.02 Å². The highest BCUT2D eigenvalue weighted by molar-refractivity contribution is 6.30. The number of ketones is 1. The SMILES string of the molecule is Cc1cc(Cl)ccc1OCC(=O)O[C@@H](C)C(=O)c1c(C)[nH]c2ccccc12. The van der Waals surface area contributed by atoms with Crippen molar-refractivity contribution in [3.8, 4) is 5.75 Å². The summed E-state index contributed by atoms with van der Waals surface area (Å²) in [5.74, 6) is -0.313. The normalized spacial score (nSPS) is 12.0. The third-order valence-electron chi connectivity index (χ3n) is 4.30. The van der Waals surface area contributed by atoms with Gasteiger partial charge in [0.25, 0.3) is 0 Å². The van der Waals surface area contributed by atoms with Gasteiger partial charge >= 0.3 is 5.97 Å². The zero-order valence-corrected chi connectivity index (χ0v) is 16.1. The smallest absolute Gasteiger partial charge is 0.344 e. The van der Waals surface area contributed by atoms with E-state index in [0.717, 1.165) is 22.2 Å². The molecule has 1 aromatic heterocycles. The summed E-state index contributed by atoms with van der Waals surface area (Å²) in [7, 11) is 0. The zero-order valence-electron chi connectivity index (χ0n) is 15.3. The molecule has 0 spiro atoms. The van der Waals surface area contributed by atoms with Crippen LogP contribution in [0.5, 0.6) is 5.75 Å². The van der Waals surface area contributed by atoms with Gasteiger partial charge in [-0.25, -0.2) is 4.79 Å². The van der Waals surface area contributed by atoms with Gasteiger partial charge < -0.3 is 14.5 Å². The number of hydrogen-bond acceptors (Lipinski definition) is 4. The van der Waals surface area contributed by atoms with Crippen molar-refractivity contribution in [1.29, 1.82) is 0 Å². The van der Waals surface area contributed by atoms with Gasteiger partial charge in [-0.05, 0) is 50.6 Å². The van der Waals surface area contributed by atoms with E-state index in [9.17, 15) is 9.59 Å². The van der Waals surface area contributed by atoms with Crippen LogP contribution in [-0.2, 0) is 9.53 Å². The van der Waals surface area contributed by atoms with Crippen LogP contribution in [0.15, 0.2) is 42.5 Å². The molecule has 0 saturated carbocycles. The largest absolute Gasteiger partial charge is 0.482 e. The van der Waals surface area contributed by atoms with Crippen LogP contribution in [0.25, 0.3) is 10.9 Å². The number of H-pyrrole nitrogens is 1. The molecule has 0 aliphatic heterocycles. The number of aromatic nitrogens is 1. The fourth-order valence-corrected chi connectivity index (χ4v) is 3.22. The van der Waals surface area contributed by atoms with Crippen LogP contribution in [0.4, 0.5) is 0 Å². The topological polar surface area (TPSA) is 68.4 Å². The van der Waals surface area contributed by atoms with Crippen LogP contribution in [0, 0.1) is 13.8 Å². The van der Waals surface area contributed by atoms with Gasteiger partial charge in [0.2, 0.25) is 5.78 Å². The monoisotopic (exact) mass is 385 g/mol. The van der Waals surface area contributed by atoms with Crippen LogP contribution >= 0.6 is 11.6 Å². The Labute approximate surface area is 162 Å². The molecule has 1 N–H and O–H groups in total. The maximum Gasteiger partial charge on any atom is 0.344 e. The Balaban J connectivity index is 1.65. The van der Waals surface area contributed by atoms with Crippen LogP contribution < -0.4 is 4.74 Å². The van der Waals surface area contributed by atoms with Crippen molar-refractivity contribution in [3.05, 3.63) is 64.3 Å². The summed E-state index contributed by atoms with van der Waals surface area (Å²) in [6.45, 7) is 4.94. The number of halogens is 1. The molecule has 0 amide bonds. The average molecular weight is 386 g/mol. The number of fused-ring (bicyclic) bond motifs is 1. The van der Waals surface area contributed by atoms with Crippen molar-refractivity contribution in [3.63, 3.8) is 0 Å². The highest BCUT2D eigenvalue weighted by Crippen LogP contribution is 2.24. The molecule has 3 aromatic rings. The lowest BCUT2D eigenvalue weighted by Gasteiger charge is -2.14. The maximum absolute atomic E-state index is 12.8. The summed E-state index contributed by atoms with van der Waals surface area (Å²) in [5.41, 5.74) is 2.98. The number of benzene rings is 2. The minimum absolute atomic E-state index is 0.249. The summed E-state index contributed by atoms with van der Waals surface area (Å²) in [6.07, 6.45) is -0.912. The molecule has 0 unspecified atom stereocenters. The second-order valence-electron chi connectivity index (χ2n) is 6.37. The number of esters is 1. The van der Waals surface area contributed by atoms with E-state index in [1.165, 1.54) is 0 Å². The minimum Gasteiger partial charge on any atom is -0.482 e. The molecular weight excluding hydrogens is 366 g/mol. The van der Waals surface area contributed by atoms with Crippen molar-refractivity contribution in [2.45, 2.75) is 26.9 Å². The Hall–Kier alpha value is -2.79. The number of Topliss-reactive ketones (excluding diaryl/α,β-unsaturated/α-hetero) is 1. The first-order valence-electron chi connectivity index (χ1n) is 8.56. The van der Waals surface area contributed by atoms with E-state index in [2.05, 4.69) is 4.98 Å². The van der Waals surface area contributed by atoms with Crippen molar-refractivity contribution in [1.82, 2.24) is 4.98 Å². The first-order valence-corrected chi connectivity index (χ1v) is 8.94. The number of carbonyl (C=O) groups excluding carboxylic acids is 2. The molecule has 5 nitrogen and oxygen atoms in total. The summed E-state index contributed by atoms with van der Waals surface area (Å²) >= 11 is 5.90. The van der Waals surface area contributed by atoms with Crippen LogP contribution in [-0.4, -0.2) is 29.4 Å². The lowest BCUT2D eigenvalue weighted by atomic mass is 10.0.